The van der Waals surface area contributed by atoms with Crippen LogP contribution >= 0.6 is 0 Å². The lowest BCUT2D eigenvalue weighted by Gasteiger charge is -2.16. The van der Waals surface area contributed by atoms with Crippen molar-refractivity contribution in [1.82, 2.24) is 0 Å². The number of hydrogen-bond donors (Lipinski definition) is 0. The maximum atomic E-state index is 13.7. The summed E-state index contributed by atoms with van der Waals surface area (Å²) in [6, 6.07) is 51.4. The van der Waals surface area contributed by atoms with Crippen LogP contribution in [0.25, 0.3) is 44.5 Å². The SMILES string of the molecule is Cc1ccc(-c2cccc(-c3ccc(C)cc3)c2C(=O)OCCOc2ccc(OCCOC(=O)c3c(-c4ccc(C)cc4)cccc3-c3ccc(C)cc3)cc2)cc1. The van der Waals surface area contributed by atoms with E-state index >= 15 is 0 Å². The molecule has 58 heavy (non-hydrogen) atoms. The number of rotatable bonds is 14. The molecule has 0 spiro atoms. The first kappa shape index (κ1) is 39.3. The van der Waals surface area contributed by atoms with E-state index < -0.39 is 11.9 Å². The Kier molecular flexibility index (Phi) is 12.4. The Labute approximate surface area is 340 Å². The van der Waals surface area contributed by atoms with Crippen LogP contribution in [0.5, 0.6) is 11.5 Å². The smallest absolute Gasteiger partial charge is 0.339 e. The molecule has 0 saturated heterocycles. The Hall–Kier alpha value is -6.92. The largest absolute Gasteiger partial charge is 0.490 e. The molecule has 0 heterocycles. The third-order valence-electron chi connectivity index (χ3n) is 9.98. The van der Waals surface area contributed by atoms with E-state index in [2.05, 4.69) is 0 Å². The number of hydrogen-bond acceptors (Lipinski definition) is 6. The predicted molar refractivity (Wildman–Crippen MR) is 232 cm³/mol. The van der Waals surface area contributed by atoms with Gasteiger partial charge < -0.3 is 18.9 Å². The molecule has 0 atom stereocenters. The molecular formula is C52H46O6. The number of aryl methyl sites for hydroxylation is 4. The molecule has 0 aliphatic rings. The van der Waals surface area contributed by atoms with Gasteiger partial charge in [-0.15, -0.1) is 0 Å². The van der Waals surface area contributed by atoms with Gasteiger partial charge in [0.1, 0.15) is 37.9 Å². The van der Waals surface area contributed by atoms with E-state index in [1.165, 1.54) is 0 Å². The van der Waals surface area contributed by atoms with Gasteiger partial charge in [-0.25, -0.2) is 9.59 Å². The fourth-order valence-electron chi connectivity index (χ4n) is 6.80. The minimum absolute atomic E-state index is 0.0662. The molecular weight excluding hydrogens is 721 g/mol. The molecule has 6 heteroatoms. The minimum Gasteiger partial charge on any atom is -0.490 e. The quantitative estimate of drug-likeness (QED) is 0.0811. The second-order valence-corrected chi connectivity index (χ2v) is 14.4. The summed E-state index contributed by atoms with van der Waals surface area (Å²) in [5.74, 6) is 0.382. The number of benzene rings is 7. The summed E-state index contributed by atoms with van der Waals surface area (Å²) in [6.07, 6.45) is 0. The van der Waals surface area contributed by atoms with Gasteiger partial charge in [-0.3, -0.25) is 0 Å². The van der Waals surface area contributed by atoms with Crippen molar-refractivity contribution in [2.75, 3.05) is 26.4 Å². The molecule has 6 nitrogen and oxygen atoms in total. The Bertz CT molecular complexity index is 2180. The molecule has 0 saturated carbocycles. The van der Waals surface area contributed by atoms with Gasteiger partial charge in [-0.2, -0.15) is 0 Å². The first-order valence-corrected chi connectivity index (χ1v) is 19.5. The summed E-state index contributed by atoms with van der Waals surface area (Å²) < 4.78 is 23.4. The van der Waals surface area contributed by atoms with Crippen molar-refractivity contribution in [3.63, 3.8) is 0 Å². The highest BCUT2D eigenvalue weighted by Crippen LogP contribution is 2.35. The summed E-state index contributed by atoms with van der Waals surface area (Å²) in [5.41, 5.74) is 12.6. The summed E-state index contributed by atoms with van der Waals surface area (Å²) in [7, 11) is 0. The van der Waals surface area contributed by atoms with Crippen molar-refractivity contribution < 1.29 is 28.5 Å². The number of carbonyl (C=O) groups is 2. The van der Waals surface area contributed by atoms with Crippen LogP contribution in [0.4, 0.5) is 0 Å². The zero-order valence-corrected chi connectivity index (χ0v) is 33.3. The van der Waals surface area contributed by atoms with Crippen molar-refractivity contribution in [3.05, 3.63) is 191 Å². The van der Waals surface area contributed by atoms with E-state index in [1.807, 2.05) is 161 Å². The molecule has 0 unspecified atom stereocenters. The standard InChI is InChI=1S/C52H46O6/c1-35-11-19-39(20-12-35)45-7-5-8-46(40-21-13-36(2)14-22-40)49(45)51(53)57-33-31-55-43-27-29-44(30-28-43)56-32-34-58-52(54)50-47(41-23-15-37(3)16-24-41)9-6-10-48(50)42-25-17-38(4)18-26-42/h5-30H,31-34H2,1-4H3. The van der Waals surface area contributed by atoms with Crippen LogP contribution in [0.2, 0.25) is 0 Å². The van der Waals surface area contributed by atoms with Gasteiger partial charge in [0.2, 0.25) is 0 Å². The first-order valence-electron chi connectivity index (χ1n) is 19.5. The highest BCUT2D eigenvalue weighted by molar-refractivity contribution is 6.05. The molecule has 290 valence electrons. The lowest BCUT2D eigenvalue weighted by atomic mass is 9.91. The number of carbonyl (C=O) groups excluding carboxylic acids is 2. The topological polar surface area (TPSA) is 71.1 Å². The van der Waals surface area contributed by atoms with Crippen LogP contribution in [0.3, 0.4) is 0 Å². The van der Waals surface area contributed by atoms with Crippen LogP contribution in [0, 0.1) is 27.7 Å². The Morgan fingerprint density at radius 3 is 0.862 bits per heavy atom. The molecule has 0 aliphatic heterocycles. The third-order valence-corrected chi connectivity index (χ3v) is 9.98. The van der Waals surface area contributed by atoms with Gasteiger partial charge in [0, 0.05) is 0 Å². The highest BCUT2D eigenvalue weighted by atomic mass is 16.6. The van der Waals surface area contributed by atoms with Crippen LogP contribution in [-0.2, 0) is 9.47 Å². The number of ether oxygens (including phenoxy) is 4. The van der Waals surface area contributed by atoms with E-state index in [9.17, 15) is 9.59 Å². The summed E-state index contributed by atoms with van der Waals surface area (Å²) in [5, 5.41) is 0. The summed E-state index contributed by atoms with van der Waals surface area (Å²) >= 11 is 0. The van der Waals surface area contributed by atoms with Crippen LogP contribution in [0.15, 0.2) is 158 Å². The van der Waals surface area contributed by atoms with Gasteiger partial charge in [0.05, 0.1) is 11.1 Å². The maximum absolute atomic E-state index is 13.7. The minimum atomic E-state index is -0.412. The van der Waals surface area contributed by atoms with Gasteiger partial charge in [-0.1, -0.05) is 156 Å². The van der Waals surface area contributed by atoms with Crippen molar-refractivity contribution in [2.24, 2.45) is 0 Å². The van der Waals surface area contributed by atoms with Gasteiger partial charge in [0.15, 0.2) is 0 Å². The van der Waals surface area contributed by atoms with Crippen molar-refractivity contribution >= 4 is 11.9 Å². The summed E-state index contributed by atoms with van der Waals surface area (Å²) in [6.45, 7) is 8.63. The molecule has 7 rings (SSSR count). The maximum Gasteiger partial charge on any atom is 0.339 e. The van der Waals surface area contributed by atoms with Gasteiger partial charge in [-0.05, 0) is 96.5 Å². The van der Waals surface area contributed by atoms with Crippen molar-refractivity contribution in [1.29, 1.82) is 0 Å². The van der Waals surface area contributed by atoms with Crippen LogP contribution in [0.1, 0.15) is 43.0 Å². The average molecular weight is 767 g/mol. The lowest BCUT2D eigenvalue weighted by molar-refractivity contribution is 0.0442. The molecule has 7 aromatic rings. The van der Waals surface area contributed by atoms with E-state index in [4.69, 9.17) is 18.9 Å². The second kappa shape index (κ2) is 18.4. The van der Waals surface area contributed by atoms with E-state index in [0.717, 1.165) is 66.8 Å². The van der Waals surface area contributed by atoms with E-state index in [1.54, 1.807) is 24.3 Å². The molecule has 0 radical (unpaired) electrons. The predicted octanol–water partition coefficient (Wildman–Crippen LogP) is 12.1. The highest BCUT2D eigenvalue weighted by Gasteiger charge is 2.22. The number of esters is 2. The lowest BCUT2D eigenvalue weighted by Crippen LogP contribution is -2.14. The van der Waals surface area contributed by atoms with Crippen LogP contribution < -0.4 is 9.47 Å². The Morgan fingerprint density at radius 2 is 0.603 bits per heavy atom. The molecule has 0 N–H and O–H groups in total. The first-order chi connectivity index (χ1) is 28.2. The third kappa shape index (κ3) is 9.54. The van der Waals surface area contributed by atoms with Crippen molar-refractivity contribution in [3.8, 4) is 56.0 Å². The van der Waals surface area contributed by atoms with Gasteiger partial charge in [0.25, 0.3) is 0 Å². The monoisotopic (exact) mass is 766 g/mol. The zero-order valence-electron chi connectivity index (χ0n) is 33.3. The average Bonchev–Trinajstić information content (AvgIpc) is 3.25. The molecule has 0 bridgehead atoms. The molecule has 0 aliphatic carbocycles. The zero-order chi connectivity index (χ0) is 40.4. The molecule has 0 aromatic heterocycles. The van der Waals surface area contributed by atoms with Crippen molar-refractivity contribution in [2.45, 2.75) is 27.7 Å². The Morgan fingerprint density at radius 1 is 0.345 bits per heavy atom. The fourth-order valence-corrected chi connectivity index (χ4v) is 6.80. The van der Waals surface area contributed by atoms with E-state index in [-0.39, 0.29) is 26.4 Å². The van der Waals surface area contributed by atoms with Crippen LogP contribution in [-0.4, -0.2) is 38.4 Å². The summed E-state index contributed by atoms with van der Waals surface area (Å²) in [4.78, 5) is 27.5. The Balaban J connectivity index is 0.942. The molecule has 0 amide bonds. The molecule has 0 fully saturated rings. The second-order valence-electron chi connectivity index (χ2n) is 14.4. The van der Waals surface area contributed by atoms with Gasteiger partial charge >= 0.3 is 11.9 Å². The normalized spacial score (nSPS) is 10.8. The van der Waals surface area contributed by atoms with E-state index in [0.29, 0.717) is 22.6 Å². The fraction of sp³-hybridized carbons (Fsp3) is 0.154. The molecule has 7 aromatic carbocycles.